The molecule has 0 saturated carbocycles. The lowest BCUT2D eigenvalue weighted by Crippen LogP contribution is -2.31. The Labute approximate surface area is 189 Å². The smallest absolute Gasteiger partial charge is 0.238 e. The largest absolute Gasteiger partial charge is 0.302 e. The highest BCUT2D eigenvalue weighted by Gasteiger charge is 2.18. The van der Waals surface area contributed by atoms with E-state index in [1.807, 2.05) is 54.6 Å². The van der Waals surface area contributed by atoms with Gasteiger partial charge in [-0.2, -0.15) is 0 Å². The normalized spacial score (nSPS) is 11.0. The van der Waals surface area contributed by atoms with E-state index in [4.69, 9.17) is 5.41 Å². The van der Waals surface area contributed by atoms with Crippen molar-refractivity contribution in [3.8, 4) is 0 Å². The van der Waals surface area contributed by atoms with Crippen LogP contribution in [0.25, 0.3) is 11.0 Å². The van der Waals surface area contributed by atoms with Gasteiger partial charge in [0.05, 0.1) is 24.0 Å². The molecule has 4 aromatic rings. The Hall–Kier alpha value is -2.77. The number of nitrogens with zero attached hydrogens (tertiary/aromatic N) is 2. The number of para-hydroxylation sites is 2. The summed E-state index contributed by atoms with van der Waals surface area (Å²) in [5, 5.41) is 8.63. The maximum absolute atomic E-state index is 13.1. The Kier molecular flexibility index (Phi) is 5.83. The minimum Gasteiger partial charge on any atom is -0.302 e. The molecule has 1 aromatic heterocycles. The van der Waals surface area contributed by atoms with Crippen LogP contribution >= 0.6 is 31.9 Å². The Morgan fingerprint density at radius 2 is 1.37 bits per heavy atom. The Morgan fingerprint density at radius 1 is 0.800 bits per heavy atom. The van der Waals surface area contributed by atoms with Gasteiger partial charge in [0.15, 0.2) is 5.78 Å². The predicted octanol–water partition coefficient (Wildman–Crippen LogP) is 5.21. The van der Waals surface area contributed by atoms with Crippen LogP contribution in [0, 0.1) is 5.41 Å². The van der Waals surface area contributed by atoms with Crippen LogP contribution in [0.4, 0.5) is 0 Å². The molecule has 0 aliphatic carbocycles. The minimum atomic E-state index is -0.214. The van der Waals surface area contributed by atoms with Crippen molar-refractivity contribution in [3.63, 3.8) is 0 Å². The molecular weight excluding hydrogens is 510 g/mol. The lowest BCUT2D eigenvalue weighted by Gasteiger charge is -2.05. The van der Waals surface area contributed by atoms with Crippen LogP contribution in [0.5, 0.6) is 0 Å². The average molecular weight is 527 g/mol. The van der Waals surface area contributed by atoms with Crippen LogP contribution in [0.1, 0.15) is 20.7 Å². The van der Waals surface area contributed by atoms with Crippen LogP contribution in [-0.4, -0.2) is 20.8 Å². The zero-order chi connectivity index (χ0) is 21.3. The van der Waals surface area contributed by atoms with Crippen LogP contribution in [0.15, 0.2) is 81.7 Å². The fraction of sp³-hybridized carbons (Fsp3) is 0.0870. The first kappa shape index (κ1) is 20.5. The summed E-state index contributed by atoms with van der Waals surface area (Å²) in [4.78, 5) is 25.9. The highest BCUT2D eigenvalue weighted by molar-refractivity contribution is 9.10. The molecule has 0 radical (unpaired) electrons. The third-order valence-electron chi connectivity index (χ3n) is 4.87. The summed E-state index contributed by atoms with van der Waals surface area (Å²) in [5.74, 6) is -0.336. The van der Waals surface area contributed by atoms with Crippen molar-refractivity contribution >= 4 is 54.6 Å². The summed E-state index contributed by atoms with van der Waals surface area (Å²) in [6.45, 7) is -0.0143. The fourth-order valence-corrected chi connectivity index (χ4v) is 3.90. The summed E-state index contributed by atoms with van der Waals surface area (Å²) in [6, 6.07) is 21.9. The van der Waals surface area contributed by atoms with Gasteiger partial charge in [-0.3, -0.25) is 15.0 Å². The second-order valence-corrected chi connectivity index (χ2v) is 8.69. The first-order valence-electron chi connectivity index (χ1n) is 9.25. The summed E-state index contributed by atoms with van der Waals surface area (Å²) < 4.78 is 4.80. The number of imidazole rings is 1. The quantitative estimate of drug-likeness (QED) is 0.362. The van der Waals surface area contributed by atoms with Crippen LogP contribution in [0.2, 0.25) is 0 Å². The molecule has 150 valence electrons. The van der Waals surface area contributed by atoms with E-state index in [0.717, 1.165) is 14.5 Å². The molecule has 0 aliphatic heterocycles. The second-order valence-electron chi connectivity index (χ2n) is 6.86. The molecule has 0 bridgehead atoms. The first-order valence-corrected chi connectivity index (χ1v) is 10.8. The number of rotatable bonds is 5. The molecule has 1 N–H and O–H groups in total. The average Bonchev–Trinajstić information content (AvgIpc) is 3.02. The topological polar surface area (TPSA) is 67.8 Å². The SMILES string of the molecule is N=c1n(CC(=O)c2ccc(Br)cc2)c2ccccc2n1C(=O)Cc1ccc(Br)cc1. The molecule has 0 fully saturated rings. The van der Waals surface area contributed by atoms with E-state index in [2.05, 4.69) is 31.9 Å². The predicted molar refractivity (Wildman–Crippen MR) is 123 cm³/mol. The van der Waals surface area contributed by atoms with Gasteiger partial charge in [0.2, 0.25) is 11.5 Å². The summed E-state index contributed by atoms with van der Waals surface area (Å²) in [5.41, 5.74) is 2.70. The van der Waals surface area contributed by atoms with Gasteiger partial charge in [0, 0.05) is 14.5 Å². The van der Waals surface area contributed by atoms with E-state index in [0.29, 0.717) is 16.6 Å². The summed E-state index contributed by atoms with van der Waals surface area (Å²) in [6.07, 6.45) is 0.165. The van der Waals surface area contributed by atoms with Gasteiger partial charge in [-0.05, 0) is 42.0 Å². The Balaban J connectivity index is 1.71. The van der Waals surface area contributed by atoms with Gasteiger partial charge in [-0.15, -0.1) is 0 Å². The van der Waals surface area contributed by atoms with Crippen LogP contribution in [0.3, 0.4) is 0 Å². The van der Waals surface area contributed by atoms with Crippen molar-refractivity contribution in [2.75, 3.05) is 0 Å². The molecule has 3 aromatic carbocycles. The third-order valence-corrected chi connectivity index (χ3v) is 5.92. The van der Waals surface area contributed by atoms with Crippen LogP contribution in [-0.2, 0) is 13.0 Å². The van der Waals surface area contributed by atoms with Crippen molar-refractivity contribution in [1.29, 1.82) is 5.41 Å². The number of aromatic nitrogens is 2. The molecule has 0 amide bonds. The molecular formula is C23H17Br2N3O2. The van der Waals surface area contributed by atoms with Crippen molar-refractivity contribution in [3.05, 3.63) is 98.5 Å². The Morgan fingerprint density at radius 3 is 2.00 bits per heavy atom. The lowest BCUT2D eigenvalue weighted by molar-refractivity contribution is 0.0906. The first-order chi connectivity index (χ1) is 14.4. The van der Waals surface area contributed by atoms with Gasteiger partial charge < -0.3 is 4.57 Å². The molecule has 0 aliphatic rings. The maximum atomic E-state index is 13.1. The zero-order valence-corrected chi connectivity index (χ0v) is 19.0. The number of benzene rings is 3. The van der Waals surface area contributed by atoms with Crippen molar-refractivity contribution in [2.24, 2.45) is 0 Å². The van der Waals surface area contributed by atoms with Gasteiger partial charge in [0.1, 0.15) is 0 Å². The molecule has 0 atom stereocenters. The number of hydrogen-bond acceptors (Lipinski definition) is 3. The van der Waals surface area contributed by atoms with Crippen molar-refractivity contribution < 1.29 is 9.59 Å². The molecule has 5 nitrogen and oxygen atoms in total. The number of Topliss-reactive ketones (excluding diaryl/α,β-unsaturated/α-hetero) is 1. The number of carbonyl (C=O) groups is 2. The van der Waals surface area contributed by atoms with E-state index >= 15 is 0 Å². The number of carbonyl (C=O) groups excluding carboxylic acids is 2. The van der Waals surface area contributed by atoms with E-state index in [-0.39, 0.29) is 30.3 Å². The Bertz CT molecular complexity index is 1300. The molecule has 4 rings (SSSR count). The molecule has 0 spiro atoms. The van der Waals surface area contributed by atoms with Gasteiger partial charge >= 0.3 is 0 Å². The fourth-order valence-electron chi connectivity index (χ4n) is 3.37. The molecule has 30 heavy (non-hydrogen) atoms. The second kappa shape index (κ2) is 8.53. The van der Waals surface area contributed by atoms with E-state index in [1.165, 1.54) is 4.57 Å². The molecule has 1 heterocycles. The lowest BCUT2D eigenvalue weighted by atomic mass is 10.1. The highest BCUT2D eigenvalue weighted by atomic mass is 79.9. The zero-order valence-electron chi connectivity index (χ0n) is 15.8. The molecule has 0 saturated heterocycles. The monoisotopic (exact) mass is 525 g/mol. The maximum Gasteiger partial charge on any atom is 0.238 e. The van der Waals surface area contributed by atoms with Crippen molar-refractivity contribution in [1.82, 2.24) is 9.13 Å². The number of halogens is 2. The van der Waals surface area contributed by atoms with E-state index in [1.54, 1.807) is 22.8 Å². The van der Waals surface area contributed by atoms with E-state index in [9.17, 15) is 9.59 Å². The summed E-state index contributed by atoms with van der Waals surface area (Å²) in [7, 11) is 0. The number of fused-ring (bicyclic) bond motifs is 1. The van der Waals surface area contributed by atoms with Crippen LogP contribution < -0.4 is 5.62 Å². The standard InChI is InChI=1S/C23H17Br2N3O2/c24-17-9-5-15(6-10-17)13-22(30)28-20-4-2-1-3-19(20)27(23(28)26)14-21(29)16-7-11-18(25)12-8-16/h1-12,26H,13-14H2. The highest BCUT2D eigenvalue weighted by Crippen LogP contribution is 2.17. The third kappa shape index (κ3) is 4.08. The number of nitrogens with one attached hydrogen (secondary N) is 1. The van der Waals surface area contributed by atoms with Gasteiger partial charge in [-0.25, -0.2) is 4.57 Å². The van der Waals surface area contributed by atoms with Gasteiger partial charge in [0.25, 0.3) is 0 Å². The number of hydrogen-bond donors (Lipinski definition) is 1. The van der Waals surface area contributed by atoms with Gasteiger partial charge in [-0.1, -0.05) is 68.3 Å². The number of ketones is 1. The molecule has 0 unspecified atom stereocenters. The molecule has 7 heteroatoms. The van der Waals surface area contributed by atoms with Crippen molar-refractivity contribution in [2.45, 2.75) is 13.0 Å². The summed E-state index contributed by atoms with van der Waals surface area (Å²) >= 11 is 6.76. The van der Waals surface area contributed by atoms with E-state index < -0.39 is 0 Å². The minimum absolute atomic E-state index is 0.0104.